The highest BCUT2D eigenvalue weighted by Gasteiger charge is 2.52. The molecule has 25 heavy (non-hydrogen) atoms. The van der Waals surface area contributed by atoms with Crippen LogP contribution >= 0.6 is 0 Å². The fraction of sp³-hybridized carbons (Fsp3) is 0.364. The first-order valence-corrected chi connectivity index (χ1v) is 8.95. The Morgan fingerprint density at radius 1 is 1.12 bits per heavy atom. The molecule has 2 atom stereocenters. The van der Waals surface area contributed by atoms with Gasteiger partial charge in [-0.3, -0.25) is 0 Å². The predicted molar refractivity (Wildman–Crippen MR) is 100 cm³/mol. The molecule has 0 bridgehead atoms. The molecule has 3 nitrogen and oxygen atoms in total. The summed E-state index contributed by atoms with van der Waals surface area (Å²) in [5.41, 5.74) is 2.76. The van der Waals surface area contributed by atoms with Gasteiger partial charge < -0.3 is 10.1 Å². The molecule has 0 heterocycles. The van der Waals surface area contributed by atoms with E-state index in [0.29, 0.717) is 13.0 Å². The molecule has 2 unspecified atom stereocenters. The monoisotopic (exact) mass is 335 g/mol. The van der Waals surface area contributed by atoms with Crippen LogP contribution in [0.4, 0.5) is 0 Å². The van der Waals surface area contributed by atoms with Gasteiger partial charge >= 0.3 is 0 Å². The number of carbonyl (C=O) groups excluding carboxylic acids is 1. The van der Waals surface area contributed by atoms with Crippen molar-refractivity contribution < 1.29 is 9.53 Å². The summed E-state index contributed by atoms with van der Waals surface area (Å²) in [5, 5.41) is 3.45. The molecule has 0 aliphatic heterocycles. The zero-order valence-corrected chi connectivity index (χ0v) is 14.7. The standard InChI is InChI=1S/C22H25NO2/c1-18(20-12-6-3-7-13-20)25-22(15-21(22)16-24)17-23-14-8-11-19-9-4-2-5-10-19/h2-7,9-10,12-13,18,23H,8,11,14-15,17H2,1H3. The number of rotatable bonds is 9. The topological polar surface area (TPSA) is 38.3 Å². The van der Waals surface area contributed by atoms with E-state index in [1.54, 1.807) is 0 Å². The van der Waals surface area contributed by atoms with E-state index in [1.807, 2.05) is 31.2 Å². The molecule has 0 spiro atoms. The van der Waals surface area contributed by atoms with Gasteiger partial charge in [-0.2, -0.15) is 0 Å². The number of nitrogens with one attached hydrogen (secondary N) is 1. The molecular weight excluding hydrogens is 310 g/mol. The third kappa shape index (κ3) is 4.67. The maximum atomic E-state index is 11.1. The molecule has 2 aromatic rings. The van der Waals surface area contributed by atoms with E-state index < -0.39 is 5.60 Å². The number of hydrogen-bond donors (Lipinski definition) is 1. The third-order valence-corrected chi connectivity index (χ3v) is 4.75. The van der Waals surface area contributed by atoms with Gasteiger partial charge in [0.05, 0.1) is 11.7 Å². The van der Waals surface area contributed by atoms with Crippen LogP contribution in [0.2, 0.25) is 0 Å². The van der Waals surface area contributed by atoms with E-state index in [4.69, 9.17) is 4.74 Å². The molecular formula is C22H25NO2. The average molecular weight is 335 g/mol. The fourth-order valence-corrected chi connectivity index (χ4v) is 3.18. The largest absolute Gasteiger partial charge is 0.361 e. The maximum absolute atomic E-state index is 11.1. The molecule has 0 radical (unpaired) electrons. The van der Waals surface area contributed by atoms with Crippen LogP contribution in [-0.4, -0.2) is 24.6 Å². The summed E-state index contributed by atoms with van der Waals surface area (Å²) in [7, 11) is 0. The van der Waals surface area contributed by atoms with E-state index in [9.17, 15) is 4.79 Å². The highest BCUT2D eigenvalue weighted by molar-refractivity contribution is 5.65. The van der Waals surface area contributed by atoms with Crippen molar-refractivity contribution in [1.82, 2.24) is 5.32 Å². The van der Waals surface area contributed by atoms with Crippen molar-refractivity contribution in [2.24, 2.45) is 0 Å². The van der Waals surface area contributed by atoms with E-state index in [0.717, 1.165) is 30.5 Å². The van der Waals surface area contributed by atoms with Crippen molar-refractivity contribution in [2.45, 2.75) is 37.9 Å². The summed E-state index contributed by atoms with van der Waals surface area (Å²) >= 11 is 0. The second kappa shape index (κ2) is 8.26. The van der Waals surface area contributed by atoms with Gasteiger partial charge in [-0.25, -0.2) is 4.79 Å². The van der Waals surface area contributed by atoms with Crippen LogP contribution < -0.4 is 5.32 Å². The number of benzene rings is 2. The van der Waals surface area contributed by atoms with Crippen LogP contribution in [0.1, 0.15) is 37.0 Å². The normalized spacial score (nSPS) is 20.1. The molecule has 1 saturated carbocycles. The lowest BCUT2D eigenvalue weighted by molar-refractivity contribution is -0.0121. The van der Waals surface area contributed by atoms with Gasteiger partial charge in [0.25, 0.3) is 0 Å². The zero-order valence-electron chi connectivity index (χ0n) is 14.7. The molecule has 0 amide bonds. The Kier molecular flexibility index (Phi) is 5.83. The molecule has 2 aromatic carbocycles. The van der Waals surface area contributed by atoms with Crippen molar-refractivity contribution >= 4 is 5.94 Å². The van der Waals surface area contributed by atoms with E-state index in [1.165, 1.54) is 5.56 Å². The Morgan fingerprint density at radius 2 is 1.80 bits per heavy atom. The fourth-order valence-electron chi connectivity index (χ4n) is 3.18. The summed E-state index contributed by atoms with van der Waals surface area (Å²) in [6.07, 6.45) is 2.75. The molecule has 1 N–H and O–H groups in total. The average Bonchev–Trinajstić information content (AvgIpc) is 3.35. The summed E-state index contributed by atoms with van der Waals surface area (Å²) in [4.78, 5) is 11.1. The van der Waals surface area contributed by atoms with Gasteiger partial charge in [0.1, 0.15) is 11.5 Å². The first-order chi connectivity index (χ1) is 12.2. The Labute approximate surface area is 149 Å². The minimum absolute atomic E-state index is 0.0434. The van der Waals surface area contributed by atoms with Gasteiger partial charge in [-0.1, -0.05) is 60.7 Å². The lowest BCUT2D eigenvalue weighted by atomic mass is 10.1. The highest BCUT2D eigenvalue weighted by Crippen LogP contribution is 2.46. The Morgan fingerprint density at radius 3 is 2.44 bits per heavy atom. The van der Waals surface area contributed by atoms with Crippen LogP contribution in [0.5, 0.6) is 0 Å². The quantitative estimate of drug-likeness (QED) is 0.558. The van der Waals surface area contributed by atoms with Crippen molar-refractivity contribution in [2.75, 3.05) is 13.1 Å². The molecule has 0 saturated heterocycles. The van der Waals surface area contributed by atoms with Crippen LogP contribution in [0, 0.1) is 0 Å². The van der Waals surface area contributed by atoms with Gasteiger partial charge in [-0.05, 0) is 37.4 Å². The van der Waals surface area contributed by atoms with Gasteiger partial charge in [0.2, 0.25) is 0 Å². The molecule has 0 aromatic heterocycles. The number of hydrogen-bond acceptors (Lipinski definition) is 3. The molecule has 3 heteroatoms. The van der Waals surface area contributed by atoms with Crippen LogP contribution in [-0.2, 0) is 16.0 Å². The summed E-state index contributed by atoms with van der Waals surface area (Å²) in [5.74, 6) is 2.06. The second-order valence-electron chi connectivity index (χ2n) is 6.69. The SMILES string of the molecule is CC(OC1(CNCCCc2ccccc2)CC1=C=O)c1ccccc1. The second-order valence-corrected chi connectivity index (χ2v) is 6.69. The molecule has 3 rings (SSSR count). The summed E-state index contributed by atoms with van der Waals surface area (Å²) < 4.78 is 6.24. The minimum atomic E-state index is -0.468. The maximum Gasteiger partial charge on any atom is 0.126 e. The Bertz CT molecular complexity index is 722. The lowest BCUT2D eigenvalue weighted by Gasteiger charge is -2.22. The van der Waals surface area contributed by atoms with Crippen LogP contribution in [0.15, 0.2) is 66.2 Å². The first-order valence-electron chi connectivity index (χ1n) is 8.95. The number of aryl methyl sites for hydroxylation is 1. The van der Waals surface area contributed by atoms with Crippen molar-refractivity contribution in [3.63, 3.8) is 0 Å². The Hall–Kier alpha value is -2.19. The smallest absolute Gasteiger partial charge is 0.126 e. The van der Waals surface area contributed by atoms with E-state index >= 15 is 0 Å². The van der Waals surface area contributed by atoms with Gasteiger partial charge in [0.15, 0.2) is 0 Å². The van der Waals surface area contributed by atoms with Gasteiger partial charge in [0, 0.05) is 13.0 Å². The molecule has 1 aliphatic rings. The van der Waals surface area contributed by atoms with Gasteiger partial charge in [-0.15, -0.1) is 0 Å². The van der Waals surface area contributed by atoms with Crippen molar-refractivity contribution in [1.29, 1.82) is 0 Å². The first kappa shape index (κ1) is 17.6. The van der Waals surface area contributed by atoms with Crippen molar-refractivity contribution in [3.8, 4) is 0 Å². The number of ether oxygens (including phenoxy) is 1. The highest BCUT2D eigenvalue weighted by atomic mass is 16.5. The van der Waals surface area contributed by atoms with E-state index in [-0.39, 0.29) is 6.10 Å². The lowest BCUT2D eigenvalue weighted by Crippen LogP contribution is -2.33. The molecule has 1 aliphatic carbocycles. The van der Waals surface area contributed by atoms with Crippen LogP contribution in [0.25, 0.3) is 0 Å². The molecule has 1 fully saturated rings. The third-order valence-electron chi connectivity index (χ3n) is 4.75. The van der Waals surface area contributed by atoms with Crippen molar-refractivity contribution in [3.05, 3.63) is 77.4 Å². The zero-order chi connectivity index (χ0) is 17.5. The Balaban J connectivity index is 1.47. The van der Waals surface area contributed by atoms with Crippen LogP contribution in [0.3, 0.4) is 0 Å². The summed E-state index contributed by atoms with van der Waals surface area (Å²) in [6.45, 7) is 3.61. The minimum Gasteiger partial charge on any atom is -0.361 e. The molecule has 130 valence electrons. The summed E-state index contributed by atoms with van der Waals surface area (Å²) in [6, 6.07) is 20.6. The van der Waals surface area contributed by atoms with E-state index in [2.05, 4.69) is 47.7 Å². The predicted octanol–water partition coefficient (Wildman–Crippen LogP) is 3.89.